The highest BCUT2D eigenvalue weighted by Gasteiger charge is 2.58. The number of fused-ring (bicyclic) bond motifs is 5. The van der Waals surface area contributed by atoms with Crippen molar-refractivity contribution in [3.05, 3.63) is 12.2 Å². The van der Waals surface area contributed by atoms with Crippen LogP contribution in [0, 0.1) is 17.8 Å². The van der Waals surface area contributed by atoms with Gasteiger partial charge in [0, 0.05) is 5.92 Å². The van der Waals surface area contributed by atoms with Crippen molar-refractivity contribution in [2.75, 3.05) is 0 Å². The van der Waals surface area contributed by atoms with Crippen molar-refractivity contribution in [2.45, 2.75) is 37.4 Å². The molecule has 3 aliphatic rings. The van der Waals surface area contributed by atoms with Gasteiger partial charge in [0.15, 0.2) is 0 Å². The molecule has 72 valence electrons. The fraction of sp³-hybridized carbons (Fsp3) is 0.818. The summed E-state index contributed by atoms with van der Waals surface area (Å²) < 4.78 is 0. The smallest absolute Gasteiger partial charge is 0.0973 e. The minimum atomic E-state index is -0.777. The van der Waals surface area contributed by atoms with Crippen LogP contribution in [-0.2, 0) is 0 Å². The van der Waals surface area contributed by atoms with E-state index < -0.39 is 11.7 Å². The lowest BCUT2D eigenvalue weighted by atomic mass is 9.80. The SMILES string of the molecule is OC1CCC2CC1(O)C1C=CCC21. The van der Waals surface area contributed by atoms with Gasteiger partial charge in [0.25, 0.3) is 0 Å². The zero-order chi connectivity index (χ0) is 9.05. The molecule has 0 amide bonds. The van der Waals surface area contributed by atoms with Crippen molar-refractivity contribution >= 4 is 0 Å². The molecular formula is C11H16O2. The van der Waals surface area contributed by atoms with Crippen LogP contribution in [0.15, 0.2) is 12.2 Å². The van der Waals surface area contributed by atoms with Crippen LogP contribution in [0.2, 0.25) is 0 Å². The van der Waals surface area contributed by atoms with Crippen LogP contribution >= 0.6 is 0 Å². The van der Waals surface area contributed by atoms with Gasteiger partial charge >= 0.3 is 0 Å². The Hall–Kier alpha value is -0.340. The first-order valence-electron chi connectivity index (χ1n) is 5.29. The Balaban J connectivity index is 2.01. The summed E-state index contributed by atoms with van der Waals surface area (Å²) in [5.74, 6) is 1.53. The minimum absolute atomic E-state index is 0.245. The van der Waals surface area contributed by atoms with E-state index in [0.29, 0.717) is 11.8 Å². The van der Waals surface area contributed by atoms with Gasteiger partial charge in [-0.2, -0.15) is 0 Å². The van der Waals surface area contributed by atoms with Gasteiger partial charge in [0.1, 0.15) is 0 Å². The fourth-order valence-electron chi connectivity index (χ4n) is 3.70. The number of aliphatic hydroxyl groups excluding tert-OH is 1. The molecule has 5 unspecified atom stereocenters. The first kappa shape index (κ1) is 8.01. The van der Waals surface area contributed by atoms with Gasteiger partial charge in [0.05, 0.1) is 11.7 Å². The third-order valence-electron chi connectivity index (χ3n) is 4.37. The molecule has 0 spiro atoms. The third kappa shape index (κ3) is 0.856. The van der Waals surface area contributed by atoms with Crippen LogP contribution in [0.3, 0.4) is 0 Å². The minimum Gasteiger partial charge on any atom is -0.390 e. The predicted molar refractivity (Wildman–Crippen MR) is 49.0 cm³/mol. The van der Waals surface area contributed by atoms with Gasteiger partial charge in [-0.05, 0) is 37.5 Å². The number of hydrogen-bond donors (Lipinski definition) is 2. The number of hydrogen-bond acceptors (Lipinski definition) is 2. The Labute approximate surface area is 78.3 Å². The van der Waals surface area contributed by atoms with E-state index >= 15 is 0 Å². The monoisotopic (exact) mass is 180 g/mol. The highest BCUT2D eigenvalue weighted by atomic mass is 16.3. The molecule has 2 saturated carbocycles. The zero-order valence-electron chi connectivity index (χ0n) is 7.69. The average molecular weight is 180 g/mol. The standard InChI is InChI=1S/C11H16O2/c12-10-5-4-7-6-11(10,13)9-3-1-2-8(7)9/h1,3,7-10,12-13H,2,4-6H2. The van der Waals surface area contributed by atoms with Crippen molar-refractivity contribution in [3.63, 3.8) is 0 Å². The topological polar surface area (TPSA) is 40.5 Å². The maximum atomic E-state index is 10.4. The molecule has 0 radical (unpaired) electrons. The van der Waals surface area contributed by atoms with E-state index in [2.05, 4.69) is 12.2 Å². The Bertz CT molecular complexity index is 261. The van der Waals surface area contributed by atoms with Crippen molar-refractivity contribution in [3.8, 4) is 0 Å². The van der Waals surface area contributed by atoms with Gasteiger partial charge in [-0.15, -0.1) is 0 Å². The molecule has 5 atom stereocenters. The maximum Gasteiger partial charge on any atom is 0.0973 e. The van der Waals surface area contributed by atoms with Crippen LogP contribution in [0.1, 0.15) is 25.7 Å². The van der Waals surface area contributed by atoms with E-state index in [1.807, 2.05) is 0 Å². The zero-order valence-corrected chi connectivity index (χ0v) is 7.69. The molecule has 2 heteroatoms. The first-order valence-corrected chi connectivity index (χ1v) is 5.29. The molecule has 2 N–H and O–H groups in total. The molecule has 0 aromatic heterocycles. The number of rotatable bonds is 0. The Morgan fingerprint density at radius 3 is 3.00 bits per heavy atom. The second-order valence-corrected chi connectivity index (χ2v) is 4.90. The summed E-state index contributed by atoms with van der Waals surface area (Å²) in [4.78, 5) is 0. The Kier molecular flexibility index (Phi) is 1.46. The lowest BCUT2D eigenvalue weighted by Crippen LogP contribution is -2.46. The van der Waals surface area contributed by atoms with Gasteiger partial charge in [-0.3, -0.25) is 0 Å². The van der Waals surface area contributed by atoms with Crippen molar-refractivity contribution in [2.24, 2.45) is 17.8 Å². The van der Waals surface area contributed by atoms with Crippen LogP contribution < -0.4 is 0 Å². The average Bonchev–Trinajstić information content (AvgIpc) is 2.64. The summed E-state index contributed by atoms with van der Waals surface area (Å²) in [6.45, 7) is 0. The summed E-state index contributed by atoms with van der Waals surface area (Å²) in [7, 11) is 0. The predicted octanol–water partition coefficient (Wildman–Crippen LogP) is 1.08. The molecule has 0 heterocycles. The molecule has 2 fully saturated rings. The van der Waals surface area contributed by atoms with E-state index in [1.165, 1.54) is 0 Å². The maximum absolute atomic E-state index is 10.4. The molecule has 2 nitrogen and oxygen atoms in total. The van der Waals surface area contributed by atoms with Crippen LogP contribution in [-0.4, -0.2) is 21.9 Å². The summed E-state index contributed by atoms with van der Waals surface area (Å²) in [6, 6.07) is 0. The summed E-state index contributed by atoms with van der Waals surface area (Å²) >= 11 is 0. The first-order chi connectivity index (χ1) is 6.22. The molecule has 0 aromatic carbocycles. The van der Waals surface area contributed by atoms with Crippen LogP contribution in [0.25, 0.3) is 0 Å². The second-order valence-electron chi connectivity index (χ2n) is 4.90. The molecular weight excluding hydrogens is 164 g/mol. The van der Waals surface area contributed by atoms with Crippen molar-refractivity contribution in [1.29, 1.82) is 0 Å². The number of allylic oxidation sites excluding steroid dienone is 1. The van der Waals surface area contributed by atoms with E-state index in [0.717, 1.165) is 25.7 Å². The Morgan fingerprint density at radius 2 is 2.15 bits per heavy atom. The normalized spacial score (nSPS) is 58.3. The molecule has 0 aliphatic heterocycles. The highest BCUT2D eigenvalue weighted by molar-refractivity contribution is 5.19. The lowest BCUT2D eigenvalue weighted by molar-refractivity contribution is -0.105. The van der Waals surface area contributed by atoms with Gasteiger partial charge in [0.2, 0.25) is 0 Å². The molecule has 2 bridgehead atoms. The summed E-state index contributed by atoms with van der Waals surface area (Å²) in [6.07, 6.45) is 7.65. The van der Waals surface area contributed by atoms with Crippen LogP contribution in [0.4, 0.5) is 0 Å². The van der Waals surface area contributed by atoms with Crippen molar-refractivity contribution in [1.82, 2.24) is 0 Å². The molecule has 13 heavy (non-hydrogen) atoms. The number of aliphatic hydroxyl groups is 2. The quantitative estimate of drug-likeness (QED) is 0.548. The third-order valence-corrected chi connectivity index (χ3v) is 4.37. The lowest BCUT2D eigenvalue weighted by Gasteiger charge is -2.35. The van der Waals surface area contributed by atoms with Gasteiger partial charge < -0.3 is 10.2 Å². The molecule has 0 saturated heterocycles. The molecule has 3 aliphatic carbocycles. The van der Waals surface area contributed by atoms with E-state index in [9.17, 15) is 10.2 Å². The van der Waals surface area contributed by atoms with E-state index in [-0.39, 0.29) is 5.92 Å². The molecule has 3 rings (SSSR count). The summed E-state index contributed by atoms with van der Waals surface area (Å²) in [5.41, 5.74) is -0.777. The second kappa shape index (κ2) is 2.37. The largest absolute Gasteiger partial charge is 0.390 e. The van der Waals surface area contributed by atoms with E-state index in [1.54, 1.807) is 0 Å². The highest BCUT2D eigenvalue weighted by Crippen LogP contribution is 2.56. The van der Waals surface area contributed by atoms with E-state index in [4.69, 9.17) is 0 Å². The summed E-state index contributed by atoms with van der Waals surface area (Å²) in [5, 5.41) is 20.2. The van der Waals surface area contributed by atoms with Gasteiger partial charge in [-0.25, -0.2) is 0 Å². The Morgan fingerprint density at radius 1 is 1.31 bits per heavy atom. The van der Waals surface area contributed by atoms with Crippen molar-refractivity contribution < 1.29 is 10.2 Å². The van der Waals surface area contributed by atoms with Gasteiger partial charge in [-0.1, -0.05) is 12.2 Å². The molecule has 0 aromatic rings. The fourth-order valence-corrected chi connectivity index (χ4v) is 3.70. The van der Waals surface area contributed by atoms with Crippen LogP contribution in [0.5, 0.6) is 0 Å².